The first-order valence-electron chi connectivity index (χ1n) is 7.72. The number of anilines is 1. The van der Waals surface area contributed by atoms with Gasteiger partial charge < -0.3 is 11.1 Å². The zero-order valence-corrected chi connectivity index (χ0v) is 13.1. The first-order valence-corrected chi connectivity index (χ1v) is 7.72. The summed E-state index contributed by atoms with van der Waals surface area (Å²) in [6.07, 6.45) is 2.27. The molecule has 1 saturated carbocycles. The minimum Gasteiger partial charge on any atom is -0.399 e. The zero-order chi connectivity index (χ0) is 15.7. The molecule has 0 unspecified atom stereocenters. The third-order valence-electron chi connectivity index (χ3n) is 4.66. The summed E-state index contributed by atoms with van der Waals surface area (Å²) in [5, 5.41) is 3.10. The van der Waals surface area contributed by atoms with Crippen molar-refractivity contribution in [1.82, 2.24) is 5.32 Å². The van der Waals surface area contributed by atoms with Crippen molar-refractivity contribution in [3.63, 3.8) is 0 Å². The maximum atomic E-state index is 12.4. The Bertz CT molecular complexity index is 717. The maximum Gasteiger partial charge on any atom is 0.251 e. The van der Waals surface area contributed by atoms with Gasteiger partial charge in [0.1, 0.15) is 0 Å². The van der Waals surface area contributed by atoms with E-state index in [2.05, 4.69) is 36.5 Å². The van der Waals surface area contributed by atoms with Crippen molar-refractivity contribution in [2.75, 3.05) is 12.3 Å². The molecule has 114 valence electrons. The molecule has 1 aliphatic carbocycles. The van der Waals surface area contributed by atoms with Gasteiger partial charge in [0.15, 0.2) is 0 Å². The molecule has 3 N–H and O–H groups in total. The highest BCUT2D eigenvalue weighted by molar-refractivity contribution is 5.96. The van der Waals surface area contributed by atoms with Crippen molar-refractivity contribution in [3.05, 3.63) is 64.7 Å². The van der Waals surface area contributed by atoms with Crippen LogP contribution in [-0.4, -0.2) is 12.5 Å². The lowest BCUT2D eigenvalue weighted by Crippen LogP contribution is -2.33. The van der Waals surface area contributed by atoms with Gasteiger partial charge in [0.2, 0.25) is 0 Å². The number of hydrogen-bond donors (Lipinski definition) is 2. The van der Waals surface area contributed by atoms with Gasteiger partial charge in [0, 0.05) is 23.2 Å². The summed E-state index contributed by atoms with van der Waals surface area (Å²) in [7, 11) is 0. The monoisotopic (exact) mass is 294 g/mol. The Morgan fingerprint density at radius 2 is 1.86 bits per heavy atom. The van der Waals surface area contributed by atoms with Gasteiger partial charge in [-0.1, -0.05) is 30.3 Å². The largest absolute Gasteiger partial charge is 0.399 e. The van der Waals surface area contributed by atoms with Crippen LogP contribution in [0, 0.1) is 13.8 Å². The highest BCUT2D eigenvalue weighted by Crippen LogP contribution is 2.48. The summed E-state index contributed by atoms with van der Waals surface area (Å²) in [6, 6.07) is 13.9. The summed E-state index contributed by atoms with van der Waals surface area (Å²) in [5.41, 5.74) is 10.8. The van der Waals surface area contributed by atoms with Crippen LogP contribution in [0.4, 0.5) is 5.69 Å². The number of benzene rings is 2. The number of rotatable bonds is 4. The van der Waals surface area contributed by atoms with E-state index < -0.39 is 0 Å². The first-order chi connectivity index (χ1) is 10.5. The van der Waals surface area contributed by atoms with Crippen molar-refractivity contribution in [2.45, 2.75) is 32.1 Å². The van der Waals surface area contributed by atoms with E-state index in [1.807, 2.05) is 19.1 Å². The first kappa shape index (κ1) is 14.6. The van der Waals surface area contributed by atoms with Gasteiger partial charge >= 0.3 is 0 Å². The van der Waals surface area contributed by atoms with E-state index in [0.29, 0.717) is 17.8 Å². The zero-order valence-electron chi connectivity index (χ0n) is 13.1. The lowest BCUT2D eigenvalue weighted by atomic mass is 9.91. The average molecular weight is 294 g/mol. The number of aryl methyl sites for hydroxylation is 2. The van der Waals surface area contributed by atoms with Crippen LogP contribution in [0.1, 0.15) is 39.9 Å². The summed E-state index contributed by atoms with van der Waals surface area (Å²) in [4.78, 5) is 12.4. The van der Waals surface area contributed by atoms with Crippen LogP contribution < -0.4 is 11.1 Å². The highest BCUT2D eigenvalue weighted by atomic mass is 16.1. The third kappa shape index (κ3) is 2.71. The quantitative estimate of drug-likeness (QED) is 0.850. The molecular weight excluding hydrogens is 272 g/mol. The van der Waals surface area contributed by atoms with Gasteiger partial charge in [-0.2, -0.15) is 0 Å². The average Bonchev–Trinajstić information content (AvgIpc) is 3.29. The SMILES string of the molecule is Cc1ccc(N)cc1C(=O)NCC1(c2ccccc2C)CC1. The van der Waals surface area contributed by atoms with Gasteiger partial charge in [-0.05, 0) is 55.5 Å². The second-order valence-corrected chi connectivity index (χ2v) is 6.35. The second kappa shape index (κ2) is 5.48. The molecule has 2 aromatic rings. The molecule has 3 heteroatoms. The molecule has 0 aromatic heterocycles. The standard InChI is InChI=1S/C19H22N2O/c1-13-7-8-15(20)11-16(13)18(22)21-12-19(9-10-19)17-6-4-3-5-14(17)2/h3-8,11H,9-10,12,20H2,1-2H3,(H,21,22). The summed E-state index contributed by atoms with van der Waals surface area (Å²) in [6.45, 7) is 4.76. The maximum absolute atomic E-state index is 12.4. The molecule has 0 spiro atoms. The van der Waals surface area contributed by atoms with Crippen molar-refractivity contribution in [3.8, 4) is 0 Å². The fraction of sp³-hybridized carbons (Fsp3) is 0.316. The minimum absolute atomic E-state index is 0.0374. The molecule has 3 nitrogen and oxygen atoms in total. The Hall–Kier alpha value is -2.29. The molecule has 2 aromatic carbocycles. The van der Waals surface area contributed by atoms with E-state index in [-0.39, 0.29) is 11.3 Å². The number of carbonyl (C=O) groups is 1. The molecule has 1 aliphatic rings. The van der Waals surface area contributed by atoms with Crippen molar-refractivity contribution in [1.29, 1.82) is 0 Å². The van der Waals surface area contributed by atoms with Gasteiger partial charge in [-0.15, -0.1) is 0 Å². The third-order valence-corrected chi connectivity index (χ3v) is 4.66. The number of amides is 1. The lowest BCUT2D eigenvalue weighted by Gasteiger charge is -2.19. The summed E-state index contributed by atoms with van der Waals surface area (Å²) >= 11 is 0. The number of nitrogens with one attached hydrogen (secondary N) is 1. The van der Waals surface area contributed by atoms with Crippen LogP contribution in [0.2, 0.25) is 0 Å². The van der Waals surface area contributed by atoms with Crippen LogP contribution >= 0.6 is 0 Å². The number of carbonyl (C=O) groups excluding carboxylic acids is 1. The Morgan fingerprint density at radius 3 is 2.55 bits per heavy atom. The summed E-state index contributed by atoms with van der Waals surface area (Å²) in [5.74, 6) is -0.0374. The molecule has 0 radical (unpaired) electrons. The van der Waals surface area contributed by atoms with Gasteiger partial charge in [-0.3, -0.25) is 4.79 Å². The second-order valence-electron chi connectivity index (χ2n) is 6.35. The smallest absolute Gasteiger partial charge is 0.251 e. The van der Waals surface area contributed by atoms with Gasteiger partial charge in [-0.25, -0.2) is 0 Å². The Balaban J connectivity index is 1.74. The van der Waals surface area contributed by atoms with Crippen molar-refractivity contribution in [2.24, 2.45) is 0 Å². The topological polar surface area (TPSA) is 55.1 Å². The Morgan fingerprint density at radius 1 is 1.14 bits per heavy atom. The van der Waals surface area contributed by atoms with Crippen LogP contribution in [0.3, 0.4) is 0 Å². The highest BCUT2D eigenvalue weighted by Gasteiger charge is 2.45. The number of nitrogens with two attached hydrogens (primary N) is 1. The van der Waals surface area contributed by atoms with Gasteiger partial charge in [0.05, 0.1) is 0 Å². The predicted molar refractivity (Wildman–Crippen MR) is 90.0 cm³/mol. The van der Waals surface area contributed by atoms with Crippen LogP contribution in [0.25, 0.3) is 0 Å². The lowest BCUT2D eigenvalue weighted by molar-refractivity contribution is 0.0949. The molecule has 0 heterocycles. The minimum atomic E-state index is -0.0374. The molecular formula is C19H22N2O. The van der Waals surface area contributed by atoms with Crippen LogP contribution in [-0.2, 0) is 5.41 Å². The van der Waals surface area contributed by atoms with Crippen LogP contribution in [0.15, 0.2) is 42.5 Å². The summed E-state index contributed by atoms with van der Waals surface area (Å²) < 4.78 is 0. The molecule has 0 atom stereocenters. The van der Waals surface area contributed by atoms with E-state index in [1.165, 1.54) is 11.1 Å². The molecule has 0 aliphatic heterocycles. The molecule has 1 amide bonds. The van der Waals surface area contributed by atoms with E-state index >= 15 is 0 Å². The fourth-order valence-corrected chi connectivity index (χ4v) is 3.09. The normalized spacial score (nSPS) is 15.4. The molecule has 0 bridgehead atoms. The Labute approximate surface area is 131 Å². The number of nitrogen functional groups attached to an aromatic ring is 1. The van der Waals surface area contributed by atoms with E-state index in [0.717, 1.165) is 18.4 Å². The molecule has 1 fully saturated rings. The molecule has 0 saturated heterocycles. The van der Waals surface area contributed by atoms with E-state index in [4.69, 9.17) is 5.73 Å². The predicted octanol–water partition coefficient (Wildman–Crippen LogP) is 3.35. The van der Waals surface area contributed by atoms with Gasteiger partial charge in [0.25, 0.3) is 5.91 Å². The van der Waals surface area contributed by atoms with E-state index in [1.54, 1.807) is 6.07 Å². The van der Waals surface area contributed by atoms with E-state index in [9.17, 15) is 4.79 Å². The Kier molecular flexibility index (Phi) is 3.65. The fourth-order valence-electron chi connectivity index (χ4n) is 3.09. The molecule has 22 heavy (non-hydrogen) atoms. The molecule has 3 rings (SSSR count). The number of hydrogen-bond acceptors (Lipinski definition) is 2. The van der Waals surface area contributed by atoms with Crippen molar-refractivity contribution >= 4 is 11.6 Å². The van der Waals surface area contributed by atoms with Crippen LogP contribution in [0.5, 0.6) is 0 Å². The van der Waals surface area contributed by atoms with Crippen molar-refractivity contribution < 1.29 is 4.79 Å².